The van der Waals surface area contributed by atoms with Crippen molar-refractivity contribution < 1.29 is 17.7 Å². The van der Waals surface area contributed by atoms with Crippen LogP contribution < -0.4 is 0 Å². The molecule has 1 rings (SSSR count). The van der Waals surface area contributed by atoms with Gasteiger partial charge >= 0.3 is 0 Å². The summed E-state index contributed by atoms with van der Waals surface area (Å²) in [6.07, 6.45) is 1.63. The van der Waals surface area contributed by atoms with E-state index in [2.05, 4.69) is 6.58 Å². The number of benzene rings is 1. The molecule has 1 aromatic carbocycles. The molecule has 0 amide bonds. The Morgan fingerprint density at radius 3 is 2.40 bits per heavy atom. The maximum Gasteiger partial charge on any atom is 0.294 e. The summed E-state index contributed by atoms with van der Waals surface area (Å²) in [5.41, 5.74) is 0.837. The van der Waals surface area contributed by atoms with Crippen LogP contribution in [0.5, 0.6) is 0 Å². The maximum atomic E-state index is 10.7. The fourth-order valence-corrected chi connectivity index (χ4v) is 1.50. The van der Waals surface area contributed by atoms with Gasteiger partial charge in [0.15, 0.2) is 0 Å². The monoisotopic (exact) mass is 228 g/mol. The van der Waals surface area contributed by atoms with Crippen LogP contribution in [-0.2, 0) is 21.5 Å². The van der Waals surface area contributed by atoms with Crippen molar-refractivity contribution in [2.75, 3.05) is 6.61 Å². The normalized spacial score (nSPS) is 11.3. The first kappa shape index (κ1) is 11.9. The molecule has 0 radical (unpaired) electrons. The summed E-state index contributed by atoms with van der Waals surface area (Å²) in [6, 6.07) is 5.85. The third-order valence-corrected chi connectivity index (χ3v) is 2.59. The van der Waals surface area contributed by atoms with Gasteiger partial charge in [-0.3, -0.25) is 4.55 Å². The topological polar surface area (TPSA) is 63.6 Å². The SMILES string of the molecule is C=CCOCc1ccc(S(=O)(=O)O)cc1. The Bertz CT molecular complexity index is 419. The molecule has 0 saturated carbocycles. The van der Waals surface area contributed by atoms with Gasteiger partial charge in [-0.2, -0.15) is 8.42 Å². The first-order valence-corrected chi connectivity index (χ1v) is 5.73. The highest BCUT2D eigenvalue weighted by Gasteiger charge is 2.07. The summed E-state index contributed by atoms with van der Waals surface area (Å²) in [5.74, 6) is 0. The van der Waals surface area contributed by atoms with Gasteiger partial charge in [0.05, 0.1) is 18.1 Å². The smallest absolute Gasteiger partial charge is 0.294 e. The summed E-state index contributed by atoms with van der Waals surface area (Å²) in [6.45, 7) is 4.33. The van der Waals surface area contributed by atoms with Crippen LogP contribution in [0.25, 0.3) is 0 Å². The second kappa shape index (κ2) is 5.06. The van der Waals surface area contributed by atoms with Crippen LogP contribution in [0.3, 0.4) is 0 Å². The minimum Gasteiger partial charge on any atom is -0.373 e. The standard InChI is InChI=1S/C10H12O4S/c1-2-7-14-8-9-3-5-10(6-4-9)15(11,12)13/h2-6H,1,7-8H2,(H,11,12,13). The third kappa shape index (κ3) is 3.83. The maximum absolute atomic E-state index is 10.7. The molecule has 0 heterocycles. The summed E-state index contributed by atoms with van der Waals surface area (Å²) >= 11 is 0. The van der Waals surface area contributed by atoms with Crippen LogP contribution >= 0.6 is 0 Å². The van der Waals surface area contributed by atoms with E-state index in [9.17, 15) is 8.42 Å². The first-order chi connectivity index (χ1) is 7.04. The van der Waals surface area contributed by atoms with Gasteiger partial charge in [-0.1, -0.05) is 18.2 Å². The Kier molecular flexibility index (Phi) is 4.02. The molecule has 0 atom stereocenters. The Morgan fingerprint density at radius 1 is 1.33 bits per heavy atom. The van der Waals surface area contributed by atoms with E-state index in [1.54, 1.807) is 18.2 Å². The lowest BCUT2D eigenvalue weighted by Crippen LogP contribution is -1.98. The predicted molar refractivity (Wildman–Crippen MR) is 56.1 cm³/mol. The van der Waals surface area contributed by atoms with E-state index in [-0.39, 0.29) is 4.90 Å². The van der Waals surface area contributed by atoms with E-state index in [1.807, 2.05) is 0 Å². The van der Waals surface area contributed by atoms with E-state index in [0.29, 0.717) is 13.2 Å². The van der Waals surface area contributed by atoms with Gasteiger partial charge in [-0.15, -0.1) is 6.58 Å². The van der Waals surface area contributed by atoms with Crippen molar-refractivity contribution in [2.45, 2.75) is 11.5 Å². The zero-order chi connectivity index (χ0) is 11.3. The molecule has 0 aliphatic rings. The Labute approximate surface area is 88.9 Å². The molecular weight excluding hydrogens is 216 g/mol. The Balaban J connectivity index is 2.69. The first-order valence-electron chi connectivity index (χ1n) is 4.29. The van der Waals surface area contributed by atoms with Gasteiger partial charge < -0.3 is 4.74 Å². The van der Waals surface area contributed by atoms with Crippen LogP contribution in [0, 0.1) is 0 Å². The van der Waals surface area contributed by atoms with Crippen molar-refractivity contribution in [3.63, 3.8) is 0 Å². The van der Waals surface area contributed by atoms with Gasteiger partial charge in [-0.05, 0) is 17.7 Å². The number of hydrogen-bond acceptors (Lipinski definition) is 3. The quantitative estimate of drug-likeness (QED) is 0.472. The molecule has 82 valence electrons. The molecule has 0 aliphatic carbocycles. The number of ether oxygens (including phenoxy) is 1. The highest BCUT2D eigenvalue weighted by molar-refractivity contribution is 7.85. The van der Waals surface area contributed by atoms with Crippen molar-refractivity contribution >= 4 is 10.1 Å². The fraction of sp³-hybridized carbons (Fsp3) is 0.200. The molecule has 0 aromatic heterocycles. The van der Waals surface area contributed by atoms with E-state index in [1.165, 1.54) is 12.1 Å². The van der Waals surface area contributed by atoms with Crippen molar-refractivity contribution in [1.82, 2.24) is 0 Å². The summed E-state index contributed by atoms with van der Waals surface area (Å²) < 4.78 is 35.3. The van der Waals surface area contributed by atoms with Crippen molar-refractivity contribution in [3.05, 3.63) is 42.5 Å². The average Bonchev–Trinajstić information content (AvgIpc) is 2.18. The minimum atomic E-state index is -4.10. The number of rotatable bonds is 5. The average molecular weight is 228 g/mol. The Hall–Kier alpha value is -1.17. The van der Waals surface area contributed by atoms with E-state index < -0.39 is 10.1 Å². The van der Waals surface area contributed by atoms with Gasteiger partial charge in [0, 0.05) is 0 Å². The summed E-state index contributed by atoms with van der Waals surface area (Å²) in [7, 11) is -4.10. The van der Waals surface area contributed by atoms with E-state index in [0.717, 1.165) is 5.56 Å². The van der Waals surface area contributed by atoms with Crippen molar-refractivity contribution in [3.8, 4) is 0 Å². The number of hydrogen-bond donors (Lipinski definition) is 1. The fourth-order valence-electron chi connectivity index (χ4n) is 1.02. The second-order valence-corrected chi connectivity index (χ2v) is 4.34. The lowest BCUT2D eigenvalue weighted by atomic mass is 10.2. The third-order valence-electron chi connectivity index (χ3n) is 1.73. The van der Waals surface area contributed by atoms with Crippen LogP contribution in [0.4, 0.5) is 0 Å². The minimum absolute atomic E-state index is 0.116. The zero-order valence-electron chi connectivity index (χ0n) is 8.09. The van der Waals surface area contributed by atoms with Crippen molar-refractivity contribution in [1.29, 1.82) is 0 Å². The van der Waals surface area contributed by atoms with E-state index >= 15 is 0 Å². The van der Waals surface area contributed by atoms with Crippen molar-refractivity contribution in [2.24, 2.45) is 0 Å². The van der Waals surface area contributed by atoms with Gasteiger partial charge in [0.25, 0.3) is 10.1 Å². The predicted octanol–water partition coefficient (Wildman–Crippen LogP) is 1.64. The lowest BCUT2D eigenvalue weighted by molar-refractivity contribution is 0.149. The molecule has 4 nitrogen and oxygen atoms in total. The molecule has 0 fully saturated rings. The molecule has 1 aromatic rings. The molecule has 15 heavy (non-hydrogen) atoms. The van der Waals surface area contributed by atoms with Gasteiger partial charge in [0.2, 0.25) is 0 Å². The molecular formula is C10H12O4S. The highest BCUT2D eigenvalue weighted by Crippen LogP contribution is 2.10. The zero-order valence-corrected chi connectivity index (χ0v) is 8.90. The molecule has 0 aliphatic heterocycles. The largest absolute Gasteiger partial charge is 0.373 e. The van der Waals surface area contributed by atoms with Gasteiger partial charge in [0.1, 0.15) is 0 Å². The Morgan fingerprint density at radius 2 is 1.93 bits per heavy atom. The van der Waals surface area contributed by atoms with Crippen LogP contribution in [0.2, 0.25) is 0 Å². The summed E-state index contributed by atoms with van der Waals surface area (Å²) in [5, 5.41) is 0. The highest BCUT2D eigenvalue weighted by atomic mass is 32.2. The van der Waals surface area contributed by atoms with Gasteiger partial charge in [-0.25, -0.2) is 0 Å². The molecule has 0 saturated heterocycles. The lowest BCUT2D eigenvalue weighted by Gasteiger charge is -2.02. The van der Waals surface area contributed by atoms with Crippen LogP contribution in [0.1, 0.15) is 5.56 Å². The summed E-state index contributed by atoms with van der Waals surface area (Å²) in [4.78, 5) is -0.116. The van der Waals surface area contributed by atoms with Crippen LogP contribution in [0.15, 0.2) is 41.8 Å². The second-order valence-electron chi connectivity index (χ2n) is 2.92. The molecule has 0 bridgehead atoms. The van der Waals surface area contributed by atoms with E-state index in [4.69, 9.17) is 9.29 Å². The molecule has 0 spiro atoms. The van der Waals surface area contributed by atoms with Crippen LogP contribution in [-0.4, -0.2) is 19.6 Å². The molecule has 5 heteroatoms. The molecule has 0 unspecified atom stereocenters. The molecule has 1 N–H and O–H groups in total.